The Morgan fingerprint density at radius 3 is 2.21 bits per heavy atom. The van der Waals surface area contributed by atoms with E-state index in [4.69, 9.17) is 9.97 Å². The third kappa shape index (κ3) is 5.06. The topological polar surface area (TPSA) is 30.7 Å². The molecule has 0 amide bonds. The maximum Gasteiger partial charge on any atom is 0.165 e. The summed E-state index contributed by atoms with van der Waals surface area (Å²) in [6.45, 7) is 13.4. The Balaban J connectivity index is 1.15. The molecular formula is C59H45N3. The average Bonchev–Trinajstić information content (AvgIpc) is 3.91. The molecule has 2 unspecified atom stereocenters. The summed E-state index contributed by atoms with van der Waals surface area (Å²) in [6, 6.07) is 58.0. The van der Waals surface area contributed by atoms with Crippen LogP contribution >= 0.6 is 0 Å². The molecule has 0 saturated heterocycles. The second-order valence-electron chi connectivity index (χ2n) is 17.7. The molecule has 3 heteroatoms. The first-order valence-electron chi connectivity index (χ1n) is 21.9. The third-order valence-electron chi connectivity index (χ3n) is 14.1. The van der Waals surface area contributed by atoms with Crippen LogP contribution in [0.1, 0.15) is 78.5 Å². The summed E-state index contributed by atoms with van der Waals surface area (Å²) in [7, 11) is 0. The summed E-state index contributed by atoms with van der Waals surface area (Å²) in [4.78, 5) is 11.2. The van der Waals surface area contributed by atoms with Gasteiger partial charge in [0.15, 0.2) is 5.82 Å². The minimum absolute atomic E-state index is 0.164. The van der Waals surface area contributed by atoms with Crippen LogP contribution in [0.4, 0.5) is 0 Å². The minimum atomic E-state index is -0.236. The van der Waals surface area contributed by atoms with Gasteiger partial charge >= 0.3 is 0 Å². The van der Waals surface area contributed by atoms with Gasteiger partial charge in [-0.1, -0.05) is 179 Å². The van der Waals surface area contributed by atoms with E-state index in [1.54, 1.807) is 0 Å². The minimum Gasteiger partial charge on any atom is -0.292 e. The van der Waals surface area contributed by atoms with Gasteiger partial charge in [-0.25, -0.2) is 9.97 Å². The van der Waals surface area contributed by atoms with Crippen molar-refractivity contribution < 1.29 is 0 Å². The molecule has 2 aromatic heterocycles. The summed E-state index contributed by atoms with van der Waals surface area (Å²) in [5, 5.41) is 4.89. The van der Waals surface area contributed by atoms with Gasteiger partial charge in [0.2, 0.25) is 0 Å². The average molecular weight is 796 g/mol. The van der Waals surface area contributed by atoms with Gasteiger partial charge in [0, 0.05) is 27.7 Å². The summed E-state index contributed by atoms with van der Waals surface area (Å²) in [6.07, 6.45) is 6.38. The number of rotatable bonds is 6. The molecule has 0 fully saturated rings. The van der Waals surface area contributed by atoms with Gasteiger partial charge in [0.05, 0.1) is 22.1 Å². The SMILES string of the molecule is C=Cc1ccc2c(c1/C=C\C)-c1ccccc1C2C(C)c1ccc2c3c4ccccc4ccc3n(-c3nc4ccccc4nc3-c3cccc4c3C(C)(C)c3ccccc3-4)c2c1. The van der Waals surface area contributed by atoms with Crippen LogP contribution < -0.4 is 0 Å². The zero-order valence-corrected chi connectivity index (χ0v) is 35.4. The van der Waals surface area contributed by atoms with Gasteiger partial charge in [-0.05, 0) is 109 Å². The molecule has 2 atom stereocenters. The van der Waals surface area contributed by atoms with E-state index in [-0.39, 0.29) is 17.3 Å². The lowest BCUT2D eigenvalue weighted by atomic mass is 9.79. The summed E-state index contributed by atoms with van der Waals surface area (Å²) in [5.74, 6) is 1.18. The molecule has 2 heterocycles. The van der Waals surface area contributed by atoms with Crippen molar-refractivity contribution in [2.45, 2.75) is 44.9 Å². The molecule has 2 aliphatic rings. The highest BCUT2D eigenvalue weighted by atomic mass is 15.1. The van der Waals surface area contributed by atoms with Crippen LogP contribution in [0.15, 0.2) is 170 Å². The van der Waals surface area contributed by atoms with E-state index in [0.717, 1.165) is 44.7 Å². The van der Waals surface area contributed by atoms with Gasteiger partial charge in [-0.2, -0.15) is 0 Å². The van der Waals surface area contributed by atoms with Gasteiger partial charge in [0.25, 0.3) is 0 Å². The van der Waals surface area contributed by atoms with Crippen molar-refractivity contribution in [2.24, 2.45) is 0 Å². The monoisotopic (exact) mass is 795 g/mol. The van der Waals surface area contributed by atoms with Crippen molar-refractivity contribution >= 4 is 55.8 Å². The fourth-order valence-electron chi connectivity index (χ4n) is 11.3. The molecule has 0 bridgehead atoms. The first kappa shape index (κ1) is 36.5. The van der Waals surface area contributed by atoms with Gasteiger partial charge in [-0.3, -0.25) is 4.57 Å². The van der Waals surface area contributed by atoms with E-state index >= 15 is 0 Å². The Labute approximate surface area is 362 Å². The van der Waals surface area contributed by atoms with Crippen LogP contribution in [-0.2, 0) is 5.41 Å². The van der Waals surface area contributed by atoms with Crippen molar-refractivity contribution in [1.82, 2.24) is 14.5 Å². The lowest BCUT2D eigenvalue weighted by Gasteiger charge is -2.25. The van der Waals surface area contributed by atoms with Crippen molar-refractivity contribution in [3.63, 3.8) is 0 Å². The first-order valence-corrected chi connectivity index (χ1v) is 21.9. The molecule has 12 rings (SSSR count). The second-order valence-corrected chi connectivity index (χ2v) is 17.7. The number of allylic oxidation sites excluding steroid dienone is 1. The molecule has 8 aromatic carbocycles. The number of hydrogen-bond acceptors (Lipinski definition) is 2. The molecular weight excluding hydrogens is 751 g/mol. The quantitative estimate of drug-likeness (QED) is 0.168. The van der Waals surface area contributed by atoms with E-state index < -0.39 is 0 Å². The lowest BCUT2D eigenvalue weighted by molar-refractivity contribution is 0.661. The molecule has 3 nitrogen and oxygen atoms in total. The summed E-state index contributed by atoms with van der Waals surface area (Å²) < 4.78 is 2.42. The number of benzene rings is 8. The van der Waals surface area contributed by atoms with Crippen LogP contribution in [0.25, 0.3) is 95.1 Å². The molecule has 296 valence electrons. The van der Waals surface area contributed by atoms with Crippen molar-refractivity contribution in [1.29, 1.82) is 0 Å². The van der Waals surface area contributed by atoms with Gasteiger partial charge in [-0.15, -0.1) is 0 Å². The first-order chi connectivity index (χ1) is 30.4. The van der Waals surface area contributed by atoms with Crippen LogP contribution in [0, 0.1) is 0 Å². The highest BCUT2D eigenvalue weighted by molar-refractivity contribution is 6.21. The maximum atomic E-state index is 5.64. The normalized spacial score (nSPS) is 15.3. The molecule has 0 radical (unpaired) electrons. The van der Waals surface area contributed by atoms with E-state index in [1.165, 1.54) is 77.2 Å². The number of nitrogens with zero attached hydrogens (tertiary/aromatic N) is 3. The van der Waals surface area contributed by atoms with Crippen molar-refractivity contribution in [3.8, 4) is 39.3 Å². The Morgan fingerprint density at radius 2 is 1.37 bits per heavy atom. The molecule has 62 heavy (non-hydrogen) atoms. The Bertz CT molecular complexity index is 3560. The Hall–Kier alpha value is -7.36. The highest BCUT2D eigenvalue weighted by Gasteiger charge is 2.39. The van der Waals surface area contributed by atoms with Crippen LogP contribution in [0.2, 0.25) is 0 Å². The van der Waals surface area contributed by atoms with Crippen LogP contribution in [-0.4, -0.2) is 14.5 Å². The largest absolute Gasteiger partial charge is 0.292 e. The molecule has 10 aromatic rings. The van der Waals surface area contributed by atoms with E-state index in [1.807, 2.05) is 6.08 Å². The molecule has 0 saturated carbocycles. The highest BCUT2D eigenvalue weighted by Crippen LogP contribution is 2.55. The lowest BCUT2D eigenvalue weighted by Crippen LogP contribution is -2.17. The molecule has 0 N–H and O–H groups in total. The second kappa shape index (κ2) is 13.6. The summed E-state index contributed by atoms with van der Waals surface area (Å²) in [5.41, 5.74) is 20.0. The Morgan fingerprint density at radius 1 is 0.645 bits per heavy atom. The van der Waals surface area contributed by atoms with E-state index in [2.05, 4.69) is 209 Å². The van der Waals surface area contributed by atoms with Crippen molar-refractivity contribution in [2.75, 3.05) is 0 Å². The van der Waals surface area contributed by atoms with Gasteiger partial charge < -0.3 is 0 Å². The Kier molecular flexibility index (Phi) is 7.99. The van der Waals surface area contributed by atoms with E-state index in [0.29, 0.717) is 0 Å². The predicted octanol–water partition coefficient (Wildman–Crippen LogP) is 15.4. The fraction of sp³-hybridized carbons (Fsp3) is 0.119. The third-order valence-corrected chi connectivity index (χ3v) is 14.1. The van der Waals surface area contributed by atoms with Gasteiger partial charge in [0.1, 0.15) is 5.69 Å². The number of hydrogen-bond donors (Lipinski definition) is 0. The van der Waals surface area contributed by atoms with Crippen molar-refractivity contribution in [3.05, 3.63) is 209 Å². The fourth-order valence-corrected chi connectivity index (χ4v) is 11.3. The standard InChI is InChI=1S/C59H45N3/c1-6-17-39-36(7-2)28-32-46-53(42-21-10-11-22-43(42)54(39)46)35(3)38-29-31-45-52(34-38)62(51-33-30-37-18-8-9-19-40(37)55(45)51)58-57(60-49-26-14-15-27-50(49)61-58)47-24-16-23-44-41-20-12-13-25-48(41)59(4,5)56(44)47/h6-35,53H,2H2,1,3-5H3/b17-6-. The molecule has 0 aliphatic heterocycles. The summed E-state index contributed by atoms with van der Waals surface area (Å²) >= 11 is 0. The predicted molar refractivity (Wildman–Crippen MR) is 261 cm³/mol. The number of fused-ring (bicyclic) bond motifs is 12. The molecule has 2 aliphatic carbocycles. The number of para-hydroxylation sites is 2. The van der Waals surface area contributed by atoms with Crippen LogP contribution in [0.5, 0.6) is 0 Å². The zero-order chi connectivity index (χ0) is 41.9. The van der Waals surface area contributed by atoms with E-state index in [9.17, 15) is 0 Å². The zero-order valence-electron chi connectivity index (χ0n) is 35.4. The van der Waals surface area contributed by atoms with Crippen LogP contribution in [0.3, 0.4) is 0 Å². The maximum absolute atomic E-state index is 5.64. The smallest absolute Gasteiger partial charge is 0.165 e. The molecule has 0 spiro atoms. The number of aromatic nitrogens is 3.